The van der Waals surface area contributed by atoms with E-state index in [0.717, 1.165) is 44.0 Å². The Bertz CT molecular complexity index is 309. The Morgan fingerprint density at radius 3 is 2.53 bits per heavy atom. The van der Waals surface area contributed by atoms with Crippen LogP contribution in [-0.4, -0.2) is 22.8 Å². The summed E-state index contributed by atoms with van der Waals surface area (Å²) in [5.41, 5.74) is 0. The van der Waals surface area contributed by atoms with Crippen molar-refractivity contribution >= 4 is 0 Å². The van der Waals surface area contributed by atoms with E-state index < -0.39 is 0 Å². The van der Waals surface area contributed by atoms with E-state index in [1.807, 2.05) is 0 Å². The van der Waals surface area contributed by atoms with Crippen LogP contribution < -0.4 is 5.32 Å². The number of aromatic nitrogens is 2. The molecular formula is C13H25N3O. The molecule has 0 radical (unpaired) electrons. The number of hydrogen-bond acceptors (Lipinski definition) is 4. The van der Waals surface area contributed by atoms with Gasteiger partial charge in [0.25, 0.3) is 0 Å². The Morgan fingerprint density at radius 1 is 1.18 bits per heavy atom. The molecule has 1 heterocycles. The fraction of sp³-hybridized carbons (Fsp3) is 0.846. The molecule has 0 spiro atoms. The molecule has 1 atom stereocenters. The summed E-state index contributed by atoms with van der Waals surface area (Å²) in [5.74, 6) is 2.17. The molecule has 0 aliphatic carbocycles. The lowest BCUT2D eigenvalue weighted by atomic mass is 10.1. The maximum Gasteiger partial charge on any atom is 0.216 e. The van der Waals surface area contributed by atoms with Gasteiger partial charge < -0.3 is 9.73 Å². The van der Waals surface area contributed by atoms with Crippen LogP contribution >= 0.6 is 0 Å². The summed E-state index contributed by atoms with van der Waals surface area (Å²) < 4.78 is 5.61. The van der Waals surface area contributed by atoms with Gasteiger partial charge in [0.05, 0.1) is 0 Å². The van der Waals surface area contributed by atoms with Crippen molar-refractivity contribution in [2.75, 3.05) is 6.54 Å². The zero-order chi connectivity index (χ0) is 12.7. The minimum absolute atomic E-state index is 0.540. The molecule has 1 N–H and O–H groups in total. The van der Waals surface area contributed by atoms with Crippen molar-refractivity contribution in [3.05, 3.63) is 11.8 Å². The van der Waals surface area contributed by atoms with Crippen LogP contribution in [0.2, 0.25) is 0 Å². The Kier molecular flexibility index (Phi) is 6.19. The highest BCUT2D eigenvalue weighted by Crippen LogP contribution is 2.11. The Labute approximate surface area is 104 Å². The first kappa shape index (κ1) is 14.2. The minimum atomic E-state index is 0.540. The number of hydrogen-bond donors (Lipinski definition) is 1. The van der Waals surface area contributed by atoms with Crippen molar-refractivity contribution < 1.29 is 4.42 Å². The standard InChI is InChI=1S/C13H25N3O/c1-5-11(4)9-13-16-15-12(17-13)7-6-8-14-10(2)3/h10-11,14H,5-9H2,1-4H3. The van der Waals surface area contributed by atoms with Gasteiger partial charge in [0.1, 0.15) is 0 Å². The predicted octanol–water partition coefficient (Wildman–Crippen LogP) is 2.59. The van der Waals surface area contributed by atoms with E-state index >= 15 is 0 Å². The molecule has 0 aliphatic heterocycles. The largest absolute Gasteiger partial charge is 0.425 e. The van der Waals surface area contributed by atoms with E-state index in [2.05, 4.69) is 43.2 Å². The summed E-state index contributed by atoms with van der Waals surface area (Å²) in [4.78, 5) is 0. The molecule has 0 aliphatic rings. The second kappa shape index (κ2) is 7.43. The summed E-state index contributed by atoms with van der Waals surface area (Å²) in [6.07, 6.45) is 3.96. The van der Waals surface area contributed by atoms with Crippen molar-refractivity contribution in [2.24, 2.45) is 5.92 Å². The fourth-order valence-corrected chi connectivity index (χ4v) is 1.54. The van der Waals surface area contributed by atoms with E-state index in [0.29, 0.717) is 12.0 Å². The van der Waals surface area contributed by atoms with Gasteiger partial charge in [0, 0.05) is 18.9 Å². The highest BCUT2D eigenvalue weighted by molar-refractivity contribution is 4.83. The van der Waals surface area contributed by atoms with E-state index in [1.54, 1.807) is 0 Å². The summed E-state index contributed by atoms with van der Waals surface area (Å²) >= 11 is 0. The third-order valence-corrected chi connectivity index (χ3v) is 2.85. The topological polar surface area (TPSA) is 51.0 Å². The monoisotopic (exact) mass is 239 g/mol. The number of nitrogens with zero attached hydrogens (tertiary/aromatic N) is 2. The van der Waals surface area contributed by atoms with Crippen LogP contribution in [0, 0.1) is 5.92 Å². The molecule has 0 saturated heterocycles. The third-order valence-electron chi connectivity index (χ3n) is 2.85. The van der Waals surface area contributed by atoms with Crippen LogP contribution in [0.25, 0.3) is 0 Å². The molecule has 98 valence electrons. The molecule has 1 rings (SSSR count). The summed E-state index contributed by atoms with van der Waals surface area (Å²) in [7, 11) is 0. The SMILES string of the molecule is CCC(C)Cc1nnc(CCCNC(C)C)o1. The predicted molar refractivity (Wildman–Crippen MR) is 68.9 cm³/mol. The summed E-state index contributed by atoms with van der Waals surface area (Å²) in [5, 5.41) is 11.5. The minimum Gasteiger partial charge on any atom is -0.425 e. The van der Waals surface area contributed by atoms with Gasteiger partial charge in [0.2, 0.25) is 11.8 Å². The summed E-state index contributed by atoms with van der Waals surface area (Å²) in [6, 6.07) is 0.540. The van der Waals surface area contributed by atoms with Gasteiger partial charge in [-0.25, -0.2) is 0 Å². The first-order chi connectivity index (χ1) is 8.11. The van der Waals surface area contributed by atoms with Crippen LogP contribution in [0.5, 0.6) is 0 Å². The van der Waals surface area contributed by atoms with E-state index in [4.69, 9.17) is 4.42 Å². The van der Waals surface area contributed by atoms with Crippen LogP contribution in [-0.2, 0) is 12.8 Å². The van der Waals surface area contributed by atoms with Crippen LogP contribution in [0.1, 0.15) is 52.3 Å². The van der Waals surface area contributed by atoms with Crippen LogP contribution in [0.15, 0.2) is 4.42 Å². The Morgan fingerprint density at radius 2 is 1.88 bits per heavy atom. The van der Waals surface area contributed by atoms with E-state index in [9.17, 15) is 0 Å². The number of aryl methyl sites for hydroxylation is 1. The highest BCUT2D eigenvalue weighted by atomic mass is 16.4. The molecule has 4 heteroatoms. The molecule has 0 saturated carbocycles. The lowest BCUT2D eigenvalue weighted by Gasteiger charge is -2.05. The molecular weight excluding hydrogens is 214 g/mol. The normalized spacial score (nSPS) is 13.2. The molecule has 1 aromatic rings. The van der Waals surface area contributed by atoms with Gasteiger partial charge in [-0.2, -0.15) is 0 Å². The van der Waals surface area contributed by atoms with Crippen molar-refractivity contribution in [1.82, 2.24) is 15.5 Å². The molecule has 0 aromatic carbocycles. The van der Waals surface area contributed by atoms with Crippen molar-refractivity contribution in [1.29, 1.82) is 0 Å². The average Bonchev–Trinajstić information content (AvgIpc) is 2.72. The molecule has 0 fully saturated rings. The van der Waals surface area contributed by atoms with Crippen molar-refractivity contribution in [3.63, 3.8) is 0 Å². The molecule has 4 nitrogen and oxygen atoms in total. The first-order valence-corrected chi connectivity index (χ1v) is 6.66. The Balaban J connectivity index is 2.26. The fourth-order valence-electron chi connectivity index (χ4n) is 1.54. The second-order valence-electron chi connectivity index (χ2n) is 5.02. The Hall–Kier alpha value is -0.900. The first-order valence-electron chi connectivity index (χ1n) is 6.66. The lowest BCUT2D eigenvalue weighted by molar-refractivity contribution is 0.406. The molecule has 17 heavy (non-hydrogen) atoms. The average molecular weight is 239 g/mol. The quantitative estimate of drug-likeness (QED) is 0.708. The lowest BCUT2D eigenvalue weighted by Crippen LogP contribution is -2.23. The maximum absolute atomic E-state index is 5.61. The second-order valence-corrected chi connectivity index (χ2v) is 5.02. The number of rotatable bonds is 8. The zero-order valence-electron chi connectivity index (χ0n) is 11.5. The van der Waals surface area contributed by atoms with E-state index in [1.165, 1.54) is 0 Å². The van der Waals surface area contributed by atoms with Crippen molar-refractivity contribution in [2.45, 2.75) is 59.4 Å². The van der Waals surface area contributed by atoms with Crippen LogP contribution in [0.3, 0.4) is 0 Å². The molecule has 1 aromatic heterocycles. The third kappa shape index (κ3) is 5.82. The molecule has 0 bridgehead atoms. The van der Waals surface area contributed by atoms with Gasteiger partial charge in [-0.3, -0.25) is 0 Å². The zero-order valence-corrected chi connectivity index (χ0v) is 11.5. The van der Waals surface area contributed by atoms with Gasteiger partial charge in [0.15, 0.2) is 0 Å². The van der Waals surface area contributed by atoms with Crippen molar-refractivity contribution in [3.8, 4) is 0 Å². The molecule has 1 unspecified atom stereocenters. The highest BCUT2D eigenvalue weighted by Gasteiger charge is 2.09. The van der Waals surface area contributed by atoms with Gasteiger partial charge in [-0.05, 0) is 18.9 Å². The maximum atomic E-state index is 5.61. The van der Waals surface area contributed by atoms with Gasteiger partial charge in [-0.15, -0.1) is 10.2 Å². The number of nitrogens with one attached hydrogen (secondary N) is 1. The smallest absolute Gasteiger partial charge is 0.216 e. The van der Waals surface area contributed by atoms with E-state index in [-0.39, 0.29) is 0 Å². The molecule has 0 amide bonds. The van der Waals surface area contributed by atoms with Gasteiger partial charge in [-0.1, -0.05) is 34.1 Å². The summed E-state index contributed by atoms with van der Waals surface area (Å²) in [6.45, 7) is 9.69. The van der Waals surface area contributed by atoms with Gasteiger partial charge >= 0.3 is 0 Å². The van der Waals surface area contributed by atoms with Crippen LogP contribution in [0.4, 0.5) is 0 Å².